The first-order valence-corrected chi connectivity index (χ1v) is 4.44. The summed E-state index contributed by atoms with van der Waals surface area (Å²) >= 11 is 0. The van der Waals surface area contributed by atoms with E-state index in [4.69, 9.17) is 5.11 Å². The molecule has 2 heterocycles. The van der Waals surface area contributed by atoms with Crippen LogP contribution in [0, 0.1) is 6.92 Å². The van der Waals surface area contributed by atoms with E-state index >= 15 is 0 Å². The molecular weight excluding hydrogens is 214 g/mol. The summed E-state index contributed by atoms with van der Waals surface area (Å²) in [7, 11) is 1.55. The van der Waals surface area contributed by atoms with Crippen molar-refractivity contribution >= 4 is 17.1 Å². The quantitative estimate of drug-likeness (QED) is 0.662. The van der Waals surface area contributed by atoms with Gasteiger partial charge >= 0.3 is 5.97 Å². The van der Waals surface area contributed by atoms with Gasteiger partial charge in [0.25, 0.3) is 0 Å². The van der Waals surface area contributed by atoms with Crippen molar-refractivity contribution in [2.75, 3.05) is 0 Å². The van der Waals surface area contributed by atoms with E-state index in [1.807, 2.05) is 0 Å². The minimum absolute atomic E-state index is 0.0382. The fourth-order valence-corrected chi connectivity index (χ4v) is 1.63. The topological polar surface area (TPSA) is 97.4 Å². The Morgan fingerprint density at radius 2 is 2.12 bits per heavy atom. The molecule has 7 heteroatoms. The molecule has 2 aromatic heterocycles. The number of aromatic nitrogens is 3. The number of aryl methyl sites for hydroxylation is 1. The number of rotatable bonds is 1. The first-order valence-electron chi connectivity index (χ1n) is 4.44. The summed E-state index contributed by atoms with van der Waals surface area (Å²) in [5.41, 5.74) is -1.02. The van der Waals surface area contributed by atoms with Gasteiger partial charge in [0.2, 0.25) is 5.43 Å². The van der Waals surface area contributed by atoms with Crippen molar-refractivity contribution in [3.63, 3.8) is 0 Å². The normalized spacial score (nSPS) is 10.9. The van der Waals surface area contributed by atoms with Crippen LogP contribution in [0.4, 0.5) is 0 Å². The van der Waals surface area contributed by atoms with E-state index in [-0.39, 0.29) is 16.9 Å². The van der Waals surface area contributed by atoms with Gasteiger partial charge in [0.05, 0.1) is 12.0 Å². The summed E-state index contributed by atoms with van der Waals surface area (Å²) in [5, 5.41) is 18.6. The second-order valence-corrected chi connectivity index (χ2v) is 3.43. The second-order valence-electron chi connectivity index (χ2n) is 3.43. The number of carboxylic acids is 1. The highest BCUT2D eigenvalue weighted by Crippen LogP contribution is 2.12. The molecule has 0 aliphatic carbocycles. The van der Waals surface area contributed by atoms with Crippen LogP contribution in [0.2, 0.25) is 0 Å². The van der Waals surface area contributed by atoms with Crippen molar-refractivity contribution in [3.8, 4) is 0 Å². The maximum absolute atomic E-state index is 11.9. The molecule has 0 radical (unpaired) electrons. The van der Waals surface area contributed by atoms with Gasteiger partial charge in [-0.15, -0.1) is 0 Å². The molecule has 0 aliphatic heterocycles. The Balaban J connectivity index is 3.10. The molecule has 2 aromatic rings. The molecule has 0 amide bonds. The van der Waals surface area contributed by atoms with E-state index in [0.717, 1.165) is 0 Å². The summed E-state index contributed by atoms with van der Waals surface area (Å²) in [6.45, 7) is 1.35. The van der Waals surface area contributed by atoms with Crippen LogP contribution in [0.5, 0.6) is 0 Å². The number of aromatic carboxylic acids is 1. The molecular formula is C9H9N3O4. The molecule has 0 bridgehead atoms. The number of nitrogens with zero attached hydrogens (tertiary/aromatic N) is 3. The standard InChI is InChI=1S/C9H9N3O4/c1-4-5(9(14)15)7(13)6-8(12(4)16)10-3-11(6)2/h3,16H,1-2H3,(H,14,15). The average Bonchev–Trinajstić information content (AvgIpc) is 2.57. The predicted molar refractivity (Wildman–Crippen MR) is 53.9 cm³/mol. The van der Waals surface area contributed by atoms with Gasteiger partial charge in [-0.1, -0.05) is 0 Å². The zero-order valence-electron chi connectivity index (χ0n) is 8.63. The highest BCUT2D eigenvalue weighted by Gasteiger charge is 2.21. The van der Waals surface area contributed by atoms with Crippen molar-refractivity contribution in [2.24, 2.45) is 7.05 Å². The van der Waals surface area contributed by atoms with Crippen LogP contribution in [-0.2, 0) is 7.05 Å². The number of carboxylic acid groups (broad SMARTS) is 1. The summed E-state index contributed by atoms with van der Waals surface area (Å²) in [6.07, 6.45) is 1.34. The van der Waals surface area contributed by atoms with Gasteiger partial charge in [-0.2, -0.15) is 4.73 Å². The lowest BCUT2D eigenvalue weighted by Crippen LogP contribution is -2.22. The van der Waals surface area contributed by atoms with Gasteiger partial charge in [-0.05, 0) is 6.92 Å². The first-order chi connectivity index (χ1) is 7.45. The molecule has 2 N–H and O–H groups in total. The van der Waals surface area contributed by atoms with Crippen molar-refractivity contribution in [3.05, 3.63) is 27.8 Å². The molecule has 0 spiro atoms. The Labute approximate surface area is 89.1 Å². The Bertz CT molecular complexity index is 653. The van der Waals surface area contributed by atoms with E-state index < -0.39 is 17.0 Å². The Morgan fingerprint density at radius 1 is 1.50 bits per heavy atom. The molecule has 84 valence electrons. The van der Waals surface area contributed by atoms with Crippen molar-refractivity contribution in [1.29, 1.82) is 0 Å². The fraction of sp³-hybridized carbons (Fsp3) is 0.222. The Hall–Kier alpha value is -2.31. The highest BCUT2D eigenvalue weighted by molar-refractivity contribution is 5.92. The lowest BCUT2D eigenvalue weighted by atomic mass is 10.2. The third-order valence-electron chi connectivity index (χ3n) is 2.45. The van der Waals surface area contributed by atoms with Gasteiger partial charge in [-0.3, -0.25) is 4.79 Å². The van der Waals surface area contributed by atoms with Crippen LogP contribution >= 0.6 is 0 Å². The Kier molecular flexibility index (Phi) is 1.97. The SMILES string of the molecule is Cc1c(C(=O)O)c(=O)c2c(ncn2C)n1O. The molecule has 0 saturated carbocycles. The number of carbonyl (C=O) groups is 1. The number of hydrogen-bond acceptors (Lipinski definition) is 4. The van der Waals surface area contributed by atoms with Crippen LogP contribution in [-0.4, -0.2) is 30.6 Å². The van der Waals surface area contributed by atoms with Gasteiger partial charge in [0, 0.05) is 7.05 Å². The van der Waals surface area contributed by atoms with Crippen molar-refractivity contribution < 1.29 is 15.1 Å². The maximum atomic E-state index is 11.9. The molecule has 2 rings (SSSR count). The first kappa shape index (κ1) is 10.2. The van der Waals surface area contributed by atoms with E-state index in [1.165, 1.54) is 17.8 Å². The summed E-state index contributed by atoms with van der Waals surface area (Å²) in [4.78, 5) is 26.6. The zero-order chi connectivity index (χ0) is 12.0. The predicted octanol–water partition coefficient (Wildman–Crippen LogP) is -0.0211. The maximum Gasteiger partial charge on any atom is 0.341 e. The average molecular weight is 223 g/mol. The molecule has 16 heavy (non-hydrogen) atoms. The molecule has 0 unspecified atom stereocenters. The van der Waals surface area contributed by atoms with Crippen LogP contribution in [0.3, 0.4) is 0 Å². The number of pyridine rings is 1. The van der Waals surface area contributed by atoms with Crippen LogP contribution < -0.4 is 5.43 Å². The second kappa shape index (κ2) is 3.09. The minimum Gasteiger partial charge on any atom is -0.477 e. The van der Waals surface area contributed by atoms with Gasteiger partial charge < -0.3 is 14.9 Å². The Morgan fingerprint density at radius 3 is 2.69 bits per heavy atom. The smallest absolute Gasteiger partial charge is 0.341 e. The van der Waals surface area contributed by atoms with Gasteiger partial charge in [-0.25, -0.2) is 9.78 Å². The fourth-order valence-electron chi connectivity index (χ4n) is 1.63. The summed E-state index contributed by atoms with van der Waals surface area (Å²) in [6, 6.07) is 0. The van der Waals surface area contributed by atoms with E-state index in [2.05, 4.69) is 4.98 Å². The summed E-state index contributed by atoms with van der Waals surface area (Å²) in [5.74, 6) is -1.37. The van der Waals surface area contributed by atoms with Gasteiger partial charge in [0.15, 0.2) is 5.65 Å². The van der Waals surface area contributed by atoms with E-state index in [9.17, 15) is 14.8 Å². The van der Waals surface area contributed by atoms with E-state index in [1.54, 1.807) is 7.05 Å². The number of fused-ring (bicyclic) bond motifs is 1. The largest absolute Gasteiger partial charge is 0.477 e. The number of hydrogen-bond donors (Lipinski definition) is 2. The van der Waals surface area contributed by atoms with Gasteiger partial charge in [0.1, 0.15) is 11.1 Å². The van der Waals surface area contributed by atoms with E-state index in [0.29, 0.717) is 4.73 Å². The lowest BCUT2D eigenvalue weighted by Gasteiger charge is -2.06. The van der Waals surface area contributed by atoms with Crippen molar-refractivity contribution in [2.45, 2.75) is 6.92 Å². The highest BCUT2D eigenvalue weighted by atomic mass is 16.5. The van der Waals surface area contributed by atoms with Crippen LogP contribution in [0.15, 0.2) is 11.1 Å². The molecule has 0 fully saturated rings. The third kappa shape index (κ3) is 1.11. The third-order valence-corrected chi connectivity index (χ3v) is 2.45. The lowest BCUT2D eigenvalue weighted by molar-refractivity contribution is 0.0689. The van der Waals surface area contributed by atoms with Crippen LogP contribution in [0.1, 0.15) is 16.1 Å². The molecule has 0 saturated heterocycles. The van der Waals surface area contributed by atoms with Crippen LogP contribution in [0.25, 0.3) is 11.2 Å². The monoisotopic (exact) mass is 223 g/mol. The summed E-state index contributed by atoms with van der Waals surface area (Å²) < 4.78 is 1.98. The molecule has 7 nitrogen and oxygen atoms in total. The number of imidazole rings is 1. The molecule has 0 atom stereocenters. The minimum atomic E-state index is -1.37. The van der Waals surface area contributed by atoms with Crippen molar-refractivity contribution in [1.82, 2.24) is 14.3 Å². The molecule has 0 aromatic carbocycles. The molecule has 0 aliphatic rings. The zero-order valence-corrected chi connectivity index (χ0v) is 8.63.